The molecule has 1 aromatic carbocycles. The van der Waals surface area contributed by atoms with Crippen LogP contribution in [-0.4, -0.2) is 46.2 Å². The first-order chi connectivity index (χ1) is 13.7. The molecule has 0 unspecified atom stereocenters. The van der Waals surface area contributed by atoms with Crippen LogP contribution in [0.3, 0.4) is 0 Å². The third-order valence-electron chi connectivity index (χ3n) is 5.20. The molecule has 0 spiro atoms. The number of aromatic nitrogens is 3. The van der Waals surface area contributed by atoms with Crippen LogP contribution in [0.4, 0.5) is 0 Å². The van der Waals surface area contributed by atoms with Crippen molar-refractivity contribution in [2.75, 3.05) is 20.2 Å². The fourth-order valence-corrected chi connectivity index (χ4v) is 3.76. The van der Waals surface area contributed by atoms with E-state index in [0.717, 1.165) is 29.7 Å². The van der Waals surface area contributed by atoms with E-state index in [0.29, 0.717) is 13.1 Å². The van der Waals surface area contributed by atoms with E-state index in [4.69, 9.17) is 4.74 Å². The van der Waals surface area contributed by atoms with E-state index in [2.05, 4.69) is 27.3 Å². The highest BCUT2D eigenvalue weighted by atomic mass is 16.5. The van der Waals surface area contributed by atoms with Gasteiger partial charge in [0.2, 0.25) is 5.43 Å². The van der Waals surface area contributed by atoms with Crippen LogP contribution in [0.25, 0.3) is 11.1 Å². The van der Waals surface area contributed by atoms with Gasteiger partial charge in [-0.1, -0.05) is 30.3 Å². The number of amides is 1. The Morgan fingerprint density at radius 3 is 2.86 bits per heavy atom. The molecule has 0 bridgehead atoms. The lowest BCUT2D eigenvalue weighted by atomic mass is 9.90. The van der Waals surface area contributed by atoms with Gasteiger partial charge in [-0.2, -0.15) is 5.10 Å². The molecule has 144 valence electrons. The number of hydrogen-bond donors (Lipinski definition) is 2. The smallest absolute Gasteiger partial charge is 0.270 e. The van der Waals surface area contributed by atoms with Gasteiger partial charge < -0.3 is 14.6 Å². The first-order valence-corrected chi connectivity index (χ1v) is 9.32. The van der Waals surface area contributed by atoms with E-state index >= 15 is 0 Å². The summed E-state index contributed by atoms with van der Waals surface area (Å²) in [6, 6.07) is 11.4. The first-order valence-electron chi connectivity index (χ1n) is 9.32. The van der Waals surface area contributed by atoms with Crippen LogP contribution < -0.4 is 10.2 Å². The molecule has 28 heavy (non-hydrogen) atoms. The number of aromatic amines is 2. The lowest BCUT2D eigenvalue weighted by Gasteiger charge is -2.32. The molecule has 3 aromatic rings. The Bertz CT molecular complexity index is 1030. The summed E-state index contributed by atoms with van der Waals surface area (Å²) in [6.07, 6.45) is 5.14. The lowest BCUT2D eigenvalue weighted by Crippen LogP contribution is -2.40. The second-order valence-electron chi connectivity index (χ2n) is 6.93. The van der Waals surface area contributed by atoms with Crippen LogP contribution in [0.5, 0.6) is 5.75 Å². The number of piperidine rings is 1. The van der Waals surface area contributed by atoms with Crippen molar-refractivity contribution < 1.29 is 9.53 Å². The van der Waals surface area contributed by atoms with E-state index in [1.54, 1.807) is 4.90 Å². The maximum Gasteiger partial charge on any atom is 0.270 e. The summed E-state index contributed by atoms with van der Waals surface area (Å²) in [5.41, 5.74) is 3.19. The van der Waals surface area contributed by atoms with Crippen molar-refractivity contribution in [3.63, 3.8) is 0 Å². The number of ether oxygens (including phenoxy) is 1. The van der Waals surface area contributed by atoms with Gasteiger partial charge in [0.15, 0.2) is 5.75 Å². The molecule has 0 aliphatic carbocycles. The molecule has 2 N–H and O–H groups in total. The molecule has 1 amide bonds. The van der Waals surface area contributed by atoms with Gasteiger partial charge in [-0.05, 0) is 18.4 Å². The summed E-state index contributed by atoms with van der Waals surface area (Å²) >= 11 is 0. The van der Waals surface area contributed by atoms with Crippen molar-refractivity contribution in [3.05, 3.63) is 70.4 Å². The number of hydrogen-bond acceptors (Lipinski definition) is 4. The largest absolute Gasteiger partial charge is 0.491 e. The highest BCUT2D eigenvalue weighted by Crippen LogP contribution is 2.33. The number of nitrogens with one attached hydrogen (secondary N) is 2. The zero-order valence-corrected chi connectivity index (χ0v) is 15.6. The van der Waals surface area contributed by atoms with Gasteiger partial charge in [-0.15, -0.1) is 0 Å². The fraction of sp³-hybridized carbons (Fsp3) is 0.286. The van der Waals surface area contributed by atoms with E-state index < -0.39 is 0 Å². The summed E-state index contributed by atoms with van der Waals surface area (Å²) in [6.45, 7) is 1.24. The summed E-state index contributed by atoms with van der Waals surface area (Å²) in [4.78, 5) is 29.6. The molecule has 1 aliphatic heterocycles. The molecule has 7 nitrogen and oxygen atoms in total. The van der Waals surface area contributed by atoms with E-state index in [1.165, 1.54) is 19.4 Å². The summed E-state index contributed by atoms with van der Waals surface area (Å²) in [5.74, 6) is 0.184. The Kier molecular flexibility index (Phi) is 4.97. The number of nitrogens with zero attached hydrogens (tertiary/aromatic N) is 2. The van der Waals surface area contributed by atoms with Crippen LogP contribution >= 0.6 is 0 Å². The van der Waals surface area contributed by atoms with Crippen LogP contribution in [-0.2, 0) is 0 Å². The molecule has 1 saturated heterocycles. The normalized spacial score (nSPS) is 16.8. The molecular formula is C21H22N4O3. The van der Waals surface area contributed by atoms with Gasteiger partial charge in [0.1, 0.15) is 5.69 Å². The number of carbonyl (C=O) groups is 1. The number of benzene rings is 1. The molecule has 1 fully saturated rings. The minimum absolute atomic E-state index is 0.167. The van der Waals surface area contributed by atoms with Gasteiger partial charge in [-0.3, -0.25) is 14.7 Å². The Balaban J connectivity index is 1.56. The van der Waals surface area contributed by atoms with E-state index in [-0.39, 0.29) is 28.7 Å². The van der Waals surface area contributed by atoms with Gasteiger partial charge in [0.05, 0.1) is 13.3 Å². The summed E-state index contributed by atoms with van der Waals surface area (Å²) in [7, 11) is 1.43. The molecule has 1 aliphatic rings. The second kappa shape index (κ2) is 7.72. The average Bonchev–Trinajstić information content (AvgIpc) is 3.24. The van der Waals surface area contributed by atoms with Crippen molar-refractivity contribution in [2.45, 2.75) is 18.8 Å². The minimum Gasteiger partial charge on any atom is -0.491 e. The third kappa shape index (κ3) is 3.43. The van der Waals surface area contributed by atoms with E-state index in [9.17, 15) is 9.59 Å². The van der Waals surface area contributed by atoms with Gasteiger partial charge in [0.25, 0.3) is 5.91 Å². The topological polar surface area (TPSA) is 91.1 Å². The Morgan fingerprint density at radius 2 is 2.11 bits per heavy atom. The maximum atomic E-state index is 12.9. The van der Waals surface area contributed by atoms with Crippen LogP contribution in [0, 0.1) is 0 Å². The SMILES string of the molecule is COc1c[nH]c(C(=O)N2CCC[C@H](c3[nH]ncc3-c3ccccc3)C2)cc1=O. The predicted octanol–water partition coefficient (Wildman–Crippen LogP) is 2.79. The number of carbonyl (C=O) groups excluding carboxylic acids is 1. The van der Waals surface area contributed by atoms with Crippen molar-refractivity contribution in [1.29, 1.82) is 0 Å². The zero-order valence-electron chi connectivity index (χ0n) is 15.6. The number of methoxy groups -OCH3 is 1. The standard InChI is InChI=1S/C21H22N4O3/c1-28-19-12-22-17(10-18(19)26)21(27)25-9-5-8-15(13-25)20-16(11-23-24-20)14-6-3-2-4-7-14/h2-4,6-7,10-12,15H,5,8-9,13H2,1H3,(H,22,26)(H,23,24)/t15-/m0/s1. The number of H-pyrrole nitrogens is 2. The monoisotopic (exact) mass is 378 g/mol. The fourth-order valence-electron chi connectivity index (χ4n) is 3.76. The van der Waals surface area contributed by atoms with Crippen molar-refractivity contribution >= 4 is 5.91 Å². The summed E-state index contributed by atoms with van der Waals surface area (Å²) < 4.78 is 4.97. The Morgan fingerprint density at radius 1 is 1.29 bits per heavy atom. The Labute approximate surface area is 162 Å². The number of rotatable bonds is 4. The summed E-state index contributed by atoms with van der Waals surface area (Å²) in [5, 5.41) is 7.38. The van der Waals surface area contributed by atoms with Gasteiger partial charge >= 0.3 is 0 Å². The van der Waals surface area contributed by atoms with Crippen molar-refractivity contribution in [2.24, 2.45) is 0 Å². The molecular weight excluding hydrogens is 356 g/mol. The zero-order chi connectivity index (χ0) is 19.5. The third-order valence-corrected chi connectivity index (χ3v) is 5.20. The highest BCUT2D eigenvalue weighted by Gasteiger charge is 2.28. The number of pyridine rings is 1. The lowest BCUT2D eigenvalue weighted by molar-refractivity contribution is 0.0700. The number of likely N-dealkylation sites (tertiary alicyclic amines) is 1. The van der Waals surface area contributed by atoms with Crippen molar-refractivity contribution in [1.82, 2.24) is 20.1 Å². The molecule has 0 radical (unpaired) electrons. The Hall–Kier alpha value is -3.35. The molecule has 1 atom stereocenters. The molecule has 3 heterocycles. The van der Waals surface area contributed by atoms with Crippen LogP contribution in [0.15, 0.2) is 53.6 Å². The highest BCUT2D eigenvalue weighted by molar-refractivity contribution is 5.92. The second-order valence-corrected chi connectivity index (χ2v) is 6.93. The van der Waals surface area contributed by atoms with Crippen LogP contribution in [0.1, 0.15) is 34.9 Å². The average molecular weight is 378 g/mol. The quantitative estimate of drug-likeness (QED) is 0.730. The van der Waals surface area contributed by atoms with Crippen LogP contribution in [0.2, 0.25) is 0 Å². The molecule has 2 aromatic heterocycles. The van der Waals surface area contributed by atoms with Gasteiger partial charge in [0, 0.05) is 42.5 Å². The molecule has 0 saturated carbocycles. The van der Waals surface area contributed by atoms with E-state index in [1.807, 2.05) is 24.4 Å². The predicted molar refractivity (Wildman–Crippen MR) is 106 cm³/mol. The first kappa shape index (κ1) is 18.0. The molecule has 4 rings (SSSR count). The van der Waals surface area contributed by atoms with Crippen molar-refractivity contribution in [3.8, 4) is 16.9 Å². The molecule has 7 heteroatoms. The minimum atomic E-state index is -0.307. The maximum absolute atomic E-state index is 12.9. The van der Waals surface area contributed by atoms with Gasteiger partial charge in [-0.25, -0.2) is 0 Å².